The van der Waals surface area contributed by atoms with E-state index in [-0.39, 0.29) is 29.3 Å². The molecule has 0 radical (unpaired) electrons. The highest BCUT2D eigenvalue weighted by atomic mass is 35.5. The predicted octanol–water partition coefficient (Wildman–Crippen LogP) is 5.16. The molecule has 0 bridgehead atoms. The molecule has 2 saturated carbocycles. The van der Waals surface area contributed by atoms with Gasteiger partial charge in [0.1, 0.15) is 5.75 Å². The molecule has 2 N–H and O–H groups in total. The van der Waals surface area contributed by atoms with E-state index in [1.54, 1.807) is 4.90 Å². The van der Waals surface area contributed by atoms with Crippen molar-refractivity contribution in [1.82, 2.24) is 10.2 Å². The van der Waals surface area contributed by atoms with Crippen LogP contribution in [0.3, 0.4) is 0 Å². The number of hydrogen-bond donors (Lipinski definition) is 2. The summed E-state index contributed by atoms with van der Waals surface area (Å²) in [5.41, 5.74) is 1.51. The topological polar surface area (TPSA) is 78.9 Å². The highest BCUT2D eigenvalue weighted by molar-refractivity contribution is 6.32. The van der Waals surface area contributed by atoms with Gasteiger partial charge in [-0.3, -0.25) is 9.69 Å². The number of benzene rings is 1. The lowest BCUT2D eigenvalue weighted by Crippen LogP contribution is -2.59. The number of nitrogens with zero attached hydrogens (tertiary/aromatic N) is 1. The molecule has 2 fully saturated rings. The molecular weight excluding hydrogens is 416 g/mol. The minimum Gasteiger partial charge on any atom is -0.491 e. The Bertz CT molecular complexity index is 934. The summed E-state index contributed by atoms with van der Waals surface area (Å²) in [4.78, 5) is 25.8. The molecule has 31 heavy (non-hydrogen) atoms. The van der Waals surface area contributed by atoms with Crippen LogP contribution < -0.4 is 10.1 Å². The van der Waals surface area contributed by atoms with Gasteiger partial charge in [-0.25, -0.2) is 4.79 Å². The summed E-state index contributed by atoms with van der Waals surface area (Å²) in [5, 5.41) is 12.9. The molecule has 6 nitrogen and oxygen atoms in total. The summed E-state index contributed by atoms with van der Waals surface area (Å²) in [7, 11) is 0. The number of rotatable bonds is 7. The van der Waals surface area contributed by atoms with Crippen molar-refractivity contribution >= 4 is 23.6 Å². The largest absolute Gasteiger partial charge is 0.491 e. The van der Waals surface area contributed by atoms with Gasteiger partial charge in [-0.05, 0) is 61.8 Å². The lowest BCUT2D eigenvalue weighted by atomic mass is 9.76. The van der Waals surface area contributed by atoms with Gasteiger partial charge in [-0.15, -0.1) is 0 Å². The molecule has 1 aromatic rings. The summed E-state index contributed by atoms with van der Waals surface area (Å²) in [6, 6.07) is 5.43. The summed E-state index contributed by atoms with van der Waals surface area (Å²) in [6.07, 6.45) is 5.24. The average Bonchev–Trinajstić information content (AvgIpc) is 3.38. The Balaban J connectivity index is 1.58. The Morgan fingerprint density at radius 2 is 2.00 bits per heavy atom. The first kappa shape index (κ1) is 22.0. The Morgan fingerprint density at radius 1 is 1.32 bits per heavy atom. The third-order valence-corrected chi connectivity index (χ3v) is 7.41. The summed E-state index contributed by atoms with van der Waals surface area (Å²) >= 11 is 6.56. The molecule has 2 aliphatic carbocycles. The predicted molar refractivity (Wildman–Crippen MR) is 119 cm³/mol. The molecule has 1 atom stereocenters. The van der Waals surface area contributed by atoms with Crippen LogP contribution in [-0.2, 0) is 10.3 Å². The van der Waals surface area contributed by atoms with Crippen LogP contribution in [0.15, 0.2) is 30.0 Å². The van der Waals surface area contributed by atoms with E-state index >= 15 is 0 Å². The number of aliphatic carboxylic acids is 1. The molecule has 0 aromatic heterocycles. The normalized spacial score (nSPS) is 29.2. The molecule has 7 heteroatoms. The van der Waals surface area contributed by atoms with E-state index in [1.165, 1.54) is 12.8 Å². The number of carboxylic acid groups (broad SMARTS) is 1. The van der Waals surface area contributed by atoms with Crippen LogP contribution in [0.2, 0.25) is 5.02 Å². The van der Waals surface area contributed by atoms with Gasteiger partial charge in [0.25, 0.3) is 0 Å². The first-order valence-electron chi connectivity index (χ1n) is 11.0. The molecular formula is C24H31ClN2O4. The number of urea groups is 1. The third-order valence-electron chi connectivity index (χ3n) is 7.11. The van der Waals surface area contributed by atoms with Crippen LogP contribution in [0.1, 0.15) is 58.9 Å². The molecule has 4 rings (SSSR count). The van der Waals surface area contributed by atoms with Gasteiger partial charge in [0.2, 0.25) is 0 Å². The average molecular weight is 447 g/mol. The van der Waals surface area contributed by atoms with Crippen molar-refractivity contribution in [2.45, 2.75) is 65.0 Å². The van der Waals surface area contributed by atoms with E-state index in [0.29, 0.717) is 30.2 Å². The summed E-state index contributed by atoms with van der Waals surface area (Å²) in [5.74, 6) is -0.325. The number of halogens is 1. The van der Waals surface area contributed by atoms with Crippen molar-refractivity contribution in [1.29, 1.82) is 0 Å². The second-order valence-electron chi connectivity index (χ2n) is 10.1. The molecule has 2 amide bonds. The minimum absolute atomic E-state index is 0.0810. The number of nitrogens with one attached hydrogen (secondary N) is 1. The van der Waals surface area contributed by atoms with Crippen LogP contribution in [0.4, 0.5) is 4.79 Å². The molecule has 1 aromatic carbocycles. The third kappa shape index (κ3) is 4.14. The van der Waals surface area contributed by atoms with Crippen LogP contribution in [0.25, 0.3) is 0 Å². The van der Waals surface area contributed by atoms with Gasteiger partial charge in [0.05, 0.1) is 23.1 Å². The number of hydrogen-bond acceptors (Lipinski definition) is 3. The van der Waals surface area contributed by atoms with E-state index < -0.39 is 11.5 Å². The zero-order valence-corrected chi connectivity index (χ0v) is 19.3. The molecule has 0 spiro atoms. The molecule has 168 valence electrons. The van der Waals surface area contributed by atoms with Gasteiger partial charge < -0.3 is 15.2 Å². The van der Waals surface area contributed by atoms with Gasteiger partial charge in [-0.2, -0.15) is 0 Å². The highest BCUT2D eigenvalue weighted by Crippen LogP contribution is 2.46. The van der Waals surface area contributed by atoms with Crippen LogP contribution in [-0.4, -0.2) is 34.7 Å². The first-order valence-corrected chi connectivity index (χ1v) is 11.4. The Morgan fingerprint density at radius 3 is 2.55 bits per heavy atom. The van der Waals surface area contributed by atoms with Crippen LogP contribution >= 0.6 is 11.6 Å². The zero-order valence-electron chi connectivity index (χ0n) is 18.6. The number of carbonyl (C=O) groups excluding carboxylic acids is 1. The maximum atomic E-state index is 13.0. The van der Waals surface area contributed by atoms with Crippen molar-refractivity contribution in [2.24, 2.45) is 17.3 Å². The van der Waals surface area contributed by atoms with Crippen molar-refractivity contribution in [2.75, 3.05) is 6.61 Å². The fourth-order valence-corrected chi connectivity index (χ4v) is 4.71. The Kier molecular flexibility index (Phi) is 5.49. The minimum atomic E-state index is -0.792. The monoisotopic (exact) mass is 446 g/mol. The maximum absolute atomic E-state index is 13.0. The quantitative estimate of drug-likeness (QED) is 0.606. The smallest absolute Gasteiger partial charge is 0.322 e. The molecule has 1 unspecified atom stereocenters. The number of ether oxygens (including phenoxy) is 1. The number of amides is 2. The molecule has 1 aliphatic heterocycles. The fourth-order valence-electron chi connectivity index (χ4n) is 4.48. The zero-order chi connectivity index (χ0) is 22.6. The van der Waals surface area contributed by atoms with Gasteiger partial charge in [0, 0.05) is 17.7 Å². The van der Waals surface area contributed by atoms with E-state index in [4.69, 9.17) is 21.4 Å². The Labute approximate surface area is 188 Å². The summed E-state index contributed by atoms with van der Waals surface area (Å²) in [6.45, 7) is 9.04. The standard InChI is InChI=1S/C24H31ClN2O4/c1-14(2)18-12-27(17-9-15(10-17)21(28)29)22(30)26-24(18,4)16-5-6-20(19(25)11-16)31-13-23(3)7-8-23/h5-6,11-12,14-15,17H,7-10,13H2,1-4H3,(H,26,30)(H,28,29)/t15-,17-,24?. The lowest BCUT2D eigenvalue weighted by molar-refractivity contribution is -0.146. The van der Waals surface area contributed by atoms with Crippen molar-refractivity contribution in [3.63, 3.8) is 0 Å². The lowest BCUT2D eigenvalue weighted by Gasteiger charge is -2.47. The second-order valence-corrected chi connectivity index (χ2v) is 10.5. The van der Waals surface area contributed by atoms with Crippen molar-refractivity contribution in [3.8, 4) is 5.75 Å². The number of carboxylic acids is 1. The highest BCUT2D eigenvalue weighted by Gasteiger charge is 2.45. The van der Waals surface area contributed by atoms with Crippen LogP contribution in [0, 0.1) is 17.3 Å². The van der Waals surface area contributed by atoms with Crippen molar-refractivity contribution in [3.05, 3.63) is 40.6 Å². The number of carbonyl (C=O) groups is 2. The van der Waals surface area contributed by atoms with Crippen molar-refractivity contribution < 1.29 is 19.4 Å². The molecule has 1 heterocycles. The van der Waals surface area contributed by atoms with Gasteiger partial charge in [0.15, 0.2) is 0 Å². The molecule has 0 saturated heterocycles. The van der Waals surface area contributed by atoms with Crippen LogP contribution in [0.5, 0.6) is 5.75 Å². The second kappa shape index (κ2) is 7.73. The Hall–Kier alpha value is -2.21. The van der Waals surface area contributed by atoms with Gasteiger partial charge in [-0.1, -0.05) is 38.4 Å². The van der Waals surface area contributed by atoms with E-state index in [9.17, 15) is 9.59 Å². The summed E-state index contributed by atoms with van der Waals surface area (Å²) < 4.78 is 5.94. The maximum Gasteiger partial charge on any atom is 0.322 e. The van der Waals surface area contributed by atoms with Gasteiger partial charge >= 0.3 is 12.0 Å². The SMILES string of the molecule is CC(C)C1=CN([C@H]2C[C@H](C(=O)O)C2)C(=O)NC1(C)c1ccc(OCC2(C)CC2)c(Cl)c1. The fraction of sp³-hybridized carbons (Fsp3) is 0.583. The van der Waals surface area contributed by atoms with E-state index in [1.807, 2.05) is 31.3 Å². The molecule has 3 aliphatic rings. The van der Waals surface area contributed by atoms with E-state index in [2.05, 4.69) is 26.1 Å². The van der Waals surface area contributed by atoms with E-state index in [0.717, 1.165) is 11.1 Å². The first-order chi connectivity index (χ1) is 14.5.